The Morgan fingerprint density at radius 3 is 1.24 bits per heavy atom. The molecule has 4 saturated heterocycles. The summed E-state index contributed by atoms with van der Waals surface area (Å²) >= 11 is 0. The van der Waals surface area contributed by atoms with Crippen LogP contribution in [0.5, 0.6) is 0 Å². The molecular weight excluding hydrogens is 1670 g/mol. The van der Waals surface area contributed by atoms with Crippen LogP contribution in [0.2, 0.25) is 0 Å². The fourth-order valence-electron chi connectivity index (χ4n) is 14.6. The van der Waals surface area contributed by atoms with Crippen molar-refractivity contribution in [1.82, 2.24) is 31.9 Å². The lowest BCUT2D eigenvalue weighted by Gasteiger charge is -2.51. The Bertz CT molecular complexity index is 4670. The van der Waals surface area contributed by atoms with Gasteiger partial charge >= 0.3 is 72.3 Å². The van der Waals surface area contributed by atoms with Crippen molar-refractivity contribution in [3.05, 3.63) is 215 Å². The molecule has 5 aliphatic rings. The molecule has 39 nitrogen and oxygen atoms in total. The highest BCUT2D eigenvalue weighted by Crippen LogP contribution is 2.42. The lowest BCUT2D eigenvalue weighted by atomic mass is 9.82. The van der Waals surface area contributed by atoms with E-state index in [2.05, 4.69) is 31.9 Å². The molecule has 5 fully saturated rings. The molecule has 127 heavy (non-hydrogen) atoms. The Balaban J connectivity index is 1.04. The van der Waals surface area contributed by atoms with Gasteiger partial charge in [0.25, 0.3) is 5.91 Å². The first kappa shape index (κ1) is 94.8. The fraction of sp³-hybridized carbons (Fsp3) is 0.443. The van der Waals surface area contributed by atoms with Crippen LogP contribution in [0.15, 0.2) is 182 Å². The molecule has 6 N–H and O–H groups in total. The van der Waals surface area contributed by atoms with E-state index in [0.29, 0.717) is 33.4 Å². The van der Waals surface area contributed by atoms with Crippen molar-refractivity contribution in [3.8, 4) is 0 Å². The van der Waals surface area contributed by atoms with Crippen molar-refractivity contribution in [3.63, 3.8) is 0 Å². The second-order valence-electron chi connectivity index (χ2n) is 29.7. The van der Waals surface area contributed by atoms with Gasteiger partial charge in [0, 0.05) is 67.0 Å². The van der Waals surface area contributed by atoms with Gasteiger partial charge in [-0.3, -0.25) is 38.4 Å². The SMILES string of the molecule is CC(=O)OC[C@H]1O[C@@H](O[C@@H]2[C@@H](OC(C)=O)[C@H](NC(=O)[C@H](CCNC(=O)OCc3ccccc3)OC(C)=O)C[C@H](NC(=O)OCc3ccccc3)[C@H]2O[C@H]2O[C@@H]3COC(c4ccccc4)O[C@H]3[C@H](OC(C)=O)[C@H]2NC(=O)OCc2ccccc2)[C@H](OC(C)=O)[C@@H]1O[C@H]1O[C@@H](CNC(=O)OCc2ccccc2)[C@@H](OC(C)=O)[C@H](OC(C)=O)[C@H]1NC(=O)OCc1ccccc1. The first-order valence-electron chi connectivity index (χ1n) is 40.7. The highest BCUT2D eigenvalue weighted by Gasteiger charge is 2.61. The Kier molecular flexibility index (Phi) is 35.0. The third-order valence-corrected chi connectivity index (χ3v) is 20.1. The number of ether oxygens (including phenoxy) is 20. The van der Waals surface area contributed by atoms with Gasteiger partial charge in [-0.05, 0) is 34.2 Å². The summed E-state index contributed by atoms with van der Waals surface area (Å²) in [4.78, 5) is 181. The number of fused-ring (bicyclic) bond motifs is 1. The number of hydrogen-bond acceptors (Lipinski definition) is 33. The predicted octanol–water partition coefficient (Wildman–Crippen LogP) is 6.60. The molecule has 11 rings (SSSR count). The molecule has 1 aliphatic carbocycles. The Morgan fingerprint density at radius 1 is 0.354 bits per heavy atom. The summed E-state index contributed by atoms with van der Waals surface area (Å²) in [5.41, 5.74) is 3.26. The number of alkyl carbamates (subject to hydrolysis) is 5. The zero-order chi connectivity index (χ0) is 90.5. The van der Waals surface area contributed by atoms with Crippen molar-refractivity contribution in [2.45, 2.75) is 223 Å². The van der Waals surface area contributed by atoms with Crippen molar-refractivity contribution in [1.29, 1.82) is 0 Å². The van der Waals surface area contributed by atoms with Crippen LogP contribution in [0.1, 0.15) is 101 Å². The smallest absolute Gasteiger partial charge is 0.407 e. The standard InChI is InChI=1S/C88H100N6O33/c1-49(95)108-47-66-74(126-81-68(93-87(106)113-45-59-32-20-11-21-33-59)75(118-53(5)99)72(117-52(4)98)65(121-81)41-90-85(104)111-43-57-28-16-9-17-29-57)78(120-55(7)101)83(123-66)127-77-70(116-51(3)97)62(91-79(102)64(115-50(2)96)38-39-89-84(103)110-42-56-26-14-8-15-27-56)40-63(92-86(105)112-44-58-30-18-10-19-31-58)71(77)124-82-69(94-88(107)114-46-60-34-22-12-23-35-60)76(119-54(6)100)73-67(122-82)48-109-80(125-73)61-36-24-13-25-37-61/h8-37,62-78,80-83H,38-48H2,1-7H3,(H,89,103)(H,90,104)(H,91,102)(H,92,105)(H,93,106)(H,94,107)/t62-,63+,64+,65+,66-,67-,68-,69-,70+,71-,72-,73-,74-,75-,76-,77-,78-,80?,81-,82-,83+/m1/s1. The van der Waals surface area contributed by atoms with Crippen LogP contribution in [0.25, 0.3) is 0 Å². The maximum Gasteiger partial charge on any atom is 0.407 e. The molecule has 0 bridgehead atoms. The van der Waals surface area contributed by atoms with Gasteiger partial charge in [-0.1, -0.05) is 182 Å². The number of carbonyl (C=O) groups is 13. The molecule has 21 atom stereocenters. The second-order valence-corrected chi connectivity index (χ2v) is 29.7. The molecule has 4 heterocycles. The van der Waals surface area contributed by atoms with Crippen LogP contribution >= 0.6 is 0 Å². The van der Waals surface area contributed by atoms with E-state index in [9.17, 15) is 57.5 Å². The molecule has 39 heteroatoms. The first-order valence-corrected chi connectivity index (χ1v) is 40.7. The van der Waals surface area contributed by atoms with Gasteiger partial charge in [-0.25, -0.2) is 24.0 Å². The van der Waals surface area contributed by atoms with Gasteiger partial charge in [0.15, 0.2) is 61.8 Å². The van der Waals surface area contributed by atoms with Crippen LogP contribution < -0.4 is 31.9 Å². The minimum atomic E-state index is -2.24. The topological polar surface area (TPSA) is 479 Å². The maximum atomic E-state index is 15.3. The van der Waals surface area contributed by atoms with Crippen molar-refractivity contribution >= 4 is 78.2 Å². The van der Waals surface area contributed by atoms with E-state index < -0.39 is 233 Å². The monoisotopic (exact) mass is 1770 g/mol. The highest BCUT2D eigenvalue weighted by molar-refractivity contribution is 5.84. The number of rotatable bonds is 35. The number of nitrogens with one attached hydrogen (secondary N) is 6. The quantitative estimate of drug-likeness (QED) is 0.0180. The molecule has 6 aromatic carbocycles. The van der Waals surface area contributed by atoms with E-state index in [-0.39, 0.29) is 46.2 Å². The van der Waals surface area contributed by atoms with E-state index in [1.165, 1.54) is 0 Å². The second kappa shape index (κ2) is 46.9. The number of esters is 7. The van der Waals surface area contributed by atoms with Crippen molar-refractivity contribution < 1.29 is 157 Å². The van der Waals surface area contributed by atoms with Crippen LogP contribution in [0.3, 0.4) is 0 Å². The third kappa shape index (κ3) is 28.6. The molecule has 0 radical (unpaired) electrons. The van der Waals surface area contributed by atoms with E-state index in [1.54, 1.807) is 182 Å². The summed E-state index contributed by atoms with van der Waals surface area (Å²) in [6, 6.07) is 43.9. The van der Waals surface area contributed by atoms with Gasteiger partial charge < -0.3 is 127 Å². The van der Waals surface area contributed by atoms with E-state index in [0.717, 1.165) is 48.5 Å². The minimum Gasteiger partial charge on any atom is -0.463 e. The van der Waals surface area contributed by atoms with Crippen LogP contribution in [-0.2, 0) is 166 Å². The molecular formula is C88H100N6O33. The van der Waals surface area contributed by atoms with Crippen LogP contribution in [0.4, 0.5) is 24.0 Å². The van der Waals surface area contributed by atoms with Gasteiger partial charge in [-0.2, -0.15) is 0 Å². The number of carbonyl (C=O) groups excluding carboxylic acids is 13. The molecule has 680 valence electrons. The predicted molar refractivity (Wildman–Crippen MR) is 432 cm³/mol. The van der Waals surface area contributed by atoms with Crippen molar-refractivity contribution in [2.75, 3.05) is 26.3 Å². The molecule has 1 saturated carbocycles. The normalized spacial score (nSPS) is 26.0. The van der Waals surface area contributed by atoms with Crippen LogP contribution in [-0.4, -0.2) is 227 Å². The Labute approximate surface area is 728 Å². The number of amides is 6. The van der Waals surface area contributed by atoms with Gasteiger partial charge in [-0.15, -0.1) is 0 Å². The number of hydrogen-bond donors (Lipinski definition) is 6. The number of benzene rings is 6. The zero-order valence-electron chi connectivity index (χ0n) is 70.2. The van der Waals surface area contributed by atoms with Crippen LogP contribution in [0, 0.1) is 0 Å². The molecule has 6 aromatic rings. The van der Waals surface area contributed by atoms with E-state index in [4.69, 9.17) is 94.7 Å². The Hall–Kier alpha value is -12.9. The summed E-state index contributed by atoms with van der Waals surface area (Å²) in [6.07, 6.45) is -37.8. The molecule has 0 spiro atoms. The van der Waals surface area contributed by atoms with Crippen molar-refractivity contribution in [2.24, 2.45) is 0 Å². The van der Waals surface area contributed by atoms with E-state index >= 15 is 4.79 Å². The van der Waals surface area contributed by atoms with E-state index in [1.807, 2.05) is 0 Å². The summed E-state index contributed by atoms with van der Waals surface area (Å²) in [5, 5.41) is 16.0. The minimum absolute atomic E-state index is 0.151. The average molecular weight is 1770 g/mol. The third-order valence-electron chi connectivity index (χ3n) is 20.1. The lowest BCUT2D eigenvalue weighted by Crippen LogP contribution is -2.71. The summed E-state index contributed by atoms with van der Waals surface area (Å²) in [6.45, 7) is 3.30. The first-order chi connectivity index (χ1) is 61.2. The maximum absolute atomic E-state index is 15.3. The van der Waals surface area contributed by atoms with Gasteiger partial charge in [0.2, 0.25) is 0 Å². The molecule has 6 amide bonds. The lowest BCUT2D eigenvalue weighted by molar-refractivity contribution is -0.359. The highest BCUT2D eigenvalue weighted by atomic mass is 16.8. The molecule has 0 aromatic heterocycles. The zero-order valence-corrected chi connectivity index (χ0v) is 70.2. The summed E-state index contributed by atoms with van der Waals surface area (Å²) < 4.78 is 124. The molecule has 1 unspecified atom stereocenters. The molecule has 4 aliphatic heterocycles. The fourth-order valence-corrected chi connectivity index (χ4v) is 14.6. The summed E-state index contributed by atoms with van der Waals surface area (Å²) in [5.74, 6) is -8.26. The average Bonchev–Trinajstić information content (AvgIpc) is 1.73. The van der Waals surface area contributed by atoms with Gasteiger partial charge in [0.1, 0.15) is 94.5 Å². The summed E-state index contributed by atoms with van der Waals surface area (Å²) in [7, 11) is 0. The van der Waals surface area contributed by atoms with Gasteiger partial charge in [0.05, 0.1) is 25.2 Å². The Morgan fingerprint density at radius 2 is 0.756 bits per heavy atom. The largest absolute Gasteiger partial charge is 0.463 e.